The number of piperidine rings is 1. The van der Waals surface area contributed by atoms with Gasteiger partial charge in [-0.3, -0.25) is 4.90 Å². The van der Waals surface area contributed by atoms with Crippen molar-refractivity contribution in [2.45, 2.75) is 37.9 Å². The minimum Gasteiger partial charge on any atom is -0.319 e. The van der Waals surface area contributed by atoms with Crippen molar-refractivity contribution in [3.63, 3.8) is 0 Å². The lowest BCUT2D eigenvalue weighted by atomic mass is 9.77. The van der Waals surface area contributed by atoms with Crippen molar-refractivity contribution < 1.29 is 13.2 Å². The summed E-state index contributed by atoms with van der Waals surface area (Å²) in [4.78, 5) is 2.08. The van der Waals surface area contributed by atoms with E-state index in [1.54, 1.807) is 0 Å². The SMILES string of the molecule is CNCC1CCC1N1CCCC(C(F)(F)F)C1. The van der Waals surface area contributed by atoms with Crippen LogP contribution in [0.25, 0.3) is 0 Å². The van der Waals surface area contributed by atoms with Gasteiger partial charge in [-0.05, 0) is 51.7 Å². The summed E-state index contributed by atoms with van der Waals surface area (Å²) in [6.07, 6.45) is -0.799. The van der Waals surface area contributed by atoms with Crippen LogP contribution in [0.1, 0.15) is 25.7 Å². The number of likely N-dealkylation sites (tertiary alicyclic amines) is 1. The van der Waals surface area contributed by atoms with Crippen molar-refractivity contribution in [3.8, 4) is 0 Å². The Morgan fingerprint density at radius 2 is 2.00 bits per heavy atom. The molecule has 17 heavy (non-hydrogen) atoms. The third-order valence-corrected chi connectivity index (χ3v) is 4.23. The molecule has 0 radical (unpaired) electrons. The number of hydrogen-bond donors (Lipinski definition) is 1. The molecule has 0 spiro atoms. The Balaban J connectivity index is 1.89. The van der Waals surface area contributed by atoms with Crippen molar-refractivity contribution in [3.05, 3.63) is 0 Å². The van der Waals surface area contributed by atoms with Crippen LogP contribution in [-0.2, 0) is 0 Å². The van der Waals surface area contributed by atoms with E-state index in [1.165, 1.54) is 0 Å². The highest BCUT2D eigenvalue weighted by molar-refractivity contribution is 4.92. The van der Waals surface area contributed by atoms with Crippen LogP contribution < -0.4 is 5.32 Å². The Morgan fingerprint density at radius 1 is 1.24 bits per heavy atom. The topological polar surface area (TPSA) is 15.3 Å². The lowest BCUT2D eigenvalue weighted by molar-refractivity contribution is -0.191. The third kappa shape index (κ3) is 2.94. The van der Waals surface area contributed by atoms with Gasteiger partial charge in [0.25, 0.3) is 0 Å². The van der Waals surface area contributed by atoms with E-state index in [1.807, 2.05) is 7.05 Å². The summed E-state index contributed by atoms with van der Waals surface area (Å²) in [6.45, 7) is 1.99. The van der Waals surface area contributed by atoms with Crippen LogP contribution in [-0.4, -0.2) is 43.8 Å². The second kappa shape index (κ2) is 5.14. The van der Waals surface area contributed by atoms with Crippen molar-refractivity contribution in [2.75, 3.05) is 26.7 Å². The van der Waals surface area contributed by atoms with E-state index in [2.05, 4.69) is 10.2 Å². The Bertz CT molecular complexity index is 255. The molecule has 100 valence electrons. The number of alkyl halides is 3. The summed E-state index contributed by atoms with van der Waals surface area (Å²) in [6, 6.07) is 0.382. The van der Waals surface area contributed by atoms with Gasteiger partial charge < -0.3 is 5.32 Å². The van der Waals surface area contributed by atoms with Crippen molar-refractivity contribution in [1.29, 1.82) is 0 Å². The minimum atomic E-state index is -4.01. The molecule has 2 aliphatic rings. The summed E-state index contributed by atoms with van der Waals surface area (Å²) in [7, 11) is 1.91. The number of nitrogens with zero attached hydrogens (tertiary/aromatic N) is 1. The largest absolute Gasteiger partial charge is 0.393 e. The van der Waals surface area contributed by atoms with Crippen LogP contribution in [0.4, 0.5) is 13.2 Å². The van der Waals surface area contributed by atoms with Crippen LogP contribution >= 0.6 is 0 Å². The molecule has 2 fully saturated rings. The zero-order chi connectivity index (χ0) is 12.5. The predicted molar refractivity (Wildman–Crippen MR) is 60.8 cm³/mol. The summed E-state index contributed by atoms with van der Waals surface area (Å²) < 4.78 is 38.1. The highest BCUT2D eigenvalue weighted by atomic mass is 19.4. The van der Waals surface area contributed by atoms with Gasteiger partial charge >= 0.3 is 6.18 Å². The first-order valence-corrected chi connectivity index (χ1v) is 6.47. The molecular formula is C12H21F3N2. The van der Waals surface area contributed by atoms with E-state index in [-0.39, 0.29) is 6.54 Å². The summed E-state index contributed by atoms with van der Waals surface area (Å²) in [5, 5.41) is 3.13. The first kappa shape index (κ1) is 13.1. The van der Waals surface area contributed by atoms with Crippen molar-refractivity contribution in [1.82, 2.24) is 10.2 Å². The quantitative estimate of drug-likeness (QED) is 0.826. The average Bonchev–Trinajstić information content (AvgIpc) is 2.24. The summed E-state index contributed by atoms with van der Waals surface area (Å²) in [5.41, 5.74) is 0. The van der Waals surface area contributed by atoms with Crippen LogP contribution in [0, 0.1) is 11.8 Å². The fourth-order valence-electron chi connectivity index (χ4n) is 3.11. The molecule has 3 atom stereocenters. The Hall–Kier alpha value is -0.290. The Morgan fingerprint density at radius 3 is 2.53 bits per heavy atom. The molecule has 1 aliphatic carbocycles. The van der Waals surface area contributed by atoms with Gasteiger partial charge in [-0.2, -0.15) is 13.2 Å². The van der Waals surface area contributed by atoms with E-state index >= 15 is 0 Å². The van der Waals surface area contributed by atoms with Gasteiger partial charge in [0.1, 0.15) is 0 Å². The smallest absolute Gasteiger partial charge is 0.319 e. The van der Waals surface area contributed by atoms with Gasteiger partial charge in [0.15, 0.2) is 0 Å². The van der Waals surface area contributed by atoms with Gasteiger partial charge in [0.05, 0.1) is 5.92 Å². The lowest BCUT2D eigenvalue weighted by Gasteiger charge is -2.47. The average molecular weight is 250 g/mol. The predicted octanol–water partition coefficient (Wildman–Crippen LogP) is 2.26. The minimum absolute atomic E-state index is 0.217. The van der Waals surface area contributed by atoms with Gasteiger partial charge in [0.2, 0.25) is 0 Å². The van der Waals surface area contributed by atoms with E-state index in [0.29, 0.717) is 24.8 Å². The summed E-state index contributed by atoms with van der Waals surface area (Å²) >= 11 is 0. The van der Waals surface area contributed by atoms with Crippen molar-refractivity contribution >= 4 is 0 Å². The fourth-order valence-corrected chi connectivity index (χ4v) is 3.11. The van der Waals surface area contributed by atoms with Gasteiger partial charge in [0, 0.05) is 12.6 Å². The molecule has 0 aromatic carbocycles. The molecule has 1 saturated carbocycles. The second-order valence-electron chi connectivity index (χ2n) is 5.34. The molecule has 2 nitrogen and oxygen atoms in total. The van der Waals surface area contributed by atoms with E-state index in [9.17, 15) is 13.2 Å². The molecule has 0 amide bonds. The zero-order valence-electron chi connectivity index (χ0n) is 10.3. The molecule has 3 unspecified atom stereocenters. The molecule has 0 bridgehead atoms. The molecule has 5 heteroatoms. The molecule has 1 N–H and O–H groups in total. The lowest BCUT2D eigenvalue weighted by Crippen LogP contribution is -2.54. The molecule has 1 aliphatic heterocycles. The maximum Gasteiger partial charge on any atom is 0.393 e. The van der Waals surface area contributed by atoms with E-state index in [0.717, 1.165) is 25.9 Å². The van der Waals surface area contributed by atoms with Crippen LogP contribution in [0.2, 0.25) is 0 Å². The molecule has 0 aromatic rings. The first-order chi connectivity index (χ1) is 8.02. The Kier molecular flexibility index (Phi) is 3.98. The second-order valence-corrected chi connectivity index (χ2v) is 5.34. The van der Waals surface area contributed by atoms with Gasteiger partial charge in [-0.25, -0.2) is 0 Å². The number of nitrogens with one attached hydrogen (secondary N) is 1. The Labute approximate surface area is 101 Å². The number of rotatable bonds is 3. The first-order valence-electron chi connectivity index (χ1n) is 6.47. The van der Waals surface area contributed by atoms with Gasteiger partial charge in [-0.15, -0.1) is 0 Å². The monoisotopic (exact) mass is 250 g/mol. The molecule has 0 aromatic heterocycles. The standard InChI is InChI=1S/C12H21F3N2/c1-16-7-9-4-5-11(9)17-6-2-3-10(8-17)12(13,14)15/h9-11,16H,2-8H2,1H3. The molecular weight excluding hydrogens is 229 g/mol. The normalized spacial score (nSPS) is 35.6. The van der Waals surface area contributed by atoms with Crippen molar-refractivity contribution in [2.24, 2.45) is 11.8 Å². The maximum absolute atomic E-state index is 12.7. The van der Waals surface area contributed by atoms with Crippen LogP contribution in [0.5, 0.6) is 0 Å². The highest BCUT2D eigenvalue weighted by Crippen LogP contribution is 2.38. The molecule has 1 saturated heterocycles. The number of hydrogen-bond acceptors (Lipinski definition) is 2. The fraction of sp³-hybridized carbons (Fsp3) is 1.00. The molecule has 2 rings (SSSR count). The maximum atomic E-state index is 12.7. The summed E-state index contributed by atoms with van der Waals surface area (Å²) in [5.74, 6) is -0.556. The molecule has 1 heterocycles. The number of halogens is 3. The van der Waals surface area contributed by atoms with Gasteiger partial charge in [-0.1, -0.05) is 0 Å². The zero-order valence-corrected chi connectivity index (χ0v) is 10.3. The highest BCUT2D eigenvalue weighted by Gasteiger charge is 2.45. The third-order valence-electron chi connectivity index (χ3n) is 4.23. The van der Waals surface area contributed by atoms with Crippen LogP contribution in [0.15, 0.2) is 0 Å². The van der Waals surface area contributed by atoms with Crippen LogP contribution in [0.3, 0.4) is 0 Å². The van der Waals surface area contributed by atoms with E-state index < -0.39 is 12.1 Å². The van der Waals surface area contributed by atoms with E-state index in [4.69, 9.17) is 0 Å².